The van der Waals surface area contributed by atoms with E-state index in [4.69, 9.17) is 16.3 Å². The second-order valence-corrected chi connectivity index (χ2v) is 4.43. The van der Waals surface area contributed by atoms with Crippen LogP contribution in [-0.2, 0) is 13.6 Å². The zero-order valence-corrected chi connectivity index (χ0v) is 11.5. The second-order valence-electron chi connectivity index (χ2n) is 4.06. The summed E-state index contributed by atoms with van der Waals surface area (Å²) in [5, 5.41) is 8.30. The van der Waals surface area contributed by atoms with Gasteiger partial charge in [0.1, 0.15) is 5.75 Å². The number of methoxy groups -OCH3 is 1. The molecule has 0 amide bonds. The lowest BCUT2D eigenvalue weighted by molar-refractivity contribution is 0.415. The highest BCUT2D eigenvalue weighted by atomic mass is 35.5. The standard InChI is InChI=1S/C13H16ClN3O/c1-9-13(14)12(17(2)16-9)8-15-10-5-4-6-11(7-10)18-3/h4-7,15H,8H2,1-3H3. The van der Waals surface area contributed by atoms with Crippen molar-refractivity contribution in [3.8, 4) is 5.75 Å². The van der Waals surface area contributed by atoms with Gasteiger partial charge in [0.2, 0.25) is 0 Å². The zero-order chi connectivity index (χ0) is 13.1. The predicted molar refractivity (Wildman–Crippen MR) is 73.3 cm³/mol. The molecule has 2 aromatic rings. The number of hydrogen-bond acceptors (Lipinski definition) is 3. The van der Waals surface area contributed by atoms with Gasteiger partial charge < -0.3 is 10.1 Å². The van der Waals surface area contributed by atoms with Crippen molar-refractivity contribution in [3.63, 3.8) is 0 Å². The lowest BCUT2D eigenvalue weighted by atomic mass is 10.3. The number of nitrogens with zero attached hydrogens (tertiary/aromatic N) is 2. The molecule has 1 aromatic carbocycles. The third-order valence-electron chi connectivity index (χ3n) is 2.79. The Hall–Kier alpha value is -1.68. The summed E-state index contributed by atoms with van der Waals surface area (Å²) in [6, 6.07) is 7.78. The number of aryl methyl sites for hydroxylation is 2. The van der Waals surface area contributed by atoms with Gasteiger partial charge in [-0.2, -0.15) is 5.10 Å². The van der Waals surface area contributed by atoms with E-state index in [1.165, 1.54) is 0 Å². The molecular formula is C13H16ClN3O. The van der Waals surface area contributed by atoms with E-state index in [0.717, 1.165) is 22.8 Å². The fourth-order valence-corrected chi connectivity index (χ4v) is 2.02. The van der Waals surface area contributed by atoms with Crippen molar-refractivity contribution >= 4 is 17.3 Å². The minimum absolute atomic E-state index is 0.628. The van der Waals surface area contributed by atoms with Crippen LogP contribution in [-0.4, -0.2) is 16.9 Å². The smallest absolute Gasteiger partial charge is 0.120 e. The van der Waals surface area contributed by atoms with Crippen LogP contribution in [0.5, 0.6) is 5.75 Å². The number of nitrogens with one attached hydrogen (secondary N) is 1. The highest BCUT2D eigenvalue weighted by molar-refractivity contribution is 6.31. The van der Waals surface area contributed by atoms with E-state index in [-0.39, 0.29) is 0 Å². The summed E-state index contributed by atoms with van der Waals surface area (Å²) >= 11 is 6.19. The van der Waals surface area contributed by atoms with Crippen molar-refractivity contribution in [1.29, 1.82) is 0 Å². The highest BCUT2D eigenvalue weighted by Gasteiger charge is 2.10. The van der Waals surface area contributed by atoms with Crippen LogP contribution in [0.25, 0.3) is 0 Å². The van der Waals surface area contributed by atoms with E-state index in [0.29, 0.717) is 11.6 Å². The molecule has 0 atom stereocenters. The molecule has 1 heterocycles. The Morgan fingerprint density at radius 1 is 1.44 bits per heavy atom. The van der Waals surface area contributed by atoms with E-state index < -0.39 is 0 Å². The van der Waals surface area contributed by atoms with Gasteiger partial charge in [-0.25, -0.2) is 0 Å². The Bertz CT molecular complexity index is 551. The molecule has 1 aromatic heterocycles. The maximum Gasteiger partial charge on any atom is 0.120 e. The normalized spacial score (nSPS) is 10.4. The van der Waals surface area contributed by atoms with Gasteiger partial charge in [0.05, 0.1) is 30.1 Å². The molecule has 96 valence electrons. The summed E-state index contributed by atoms with van der Waals surface area (Å²) in [6.45, 7) is 2.53. The van der Waals surface area contributed by atoms with Gasteiger partial charge in [0.15, 0.2) is 0 Å². The van der Waals surface area contributed by atoms with E-state index in [1.807, 2.05) is 38.2 Å². The minimum atomic E-state index is 0.628. The molecule has 1 N–H and O–H groups in total. The van der Waals surface area contributed by atoms with Gasteiger partial charge in [0.25, 0.3) is 0 Å². The van der Waals surface area contributed by atoms with Gasteiger partial charge in [-0.1, -0.05) is 17.7 Å². The molecule has 18 heavy (non-hydrogen) atoms. The fourth-order valence-electron chi connectivity index (χ4n) is 1.79. The molecule has 0 radical (unpaired) electrons. The van der Waals surface area contributed by atoms with E-state index in [2.05, 4.69) is 10.4 Å². The number of halogens is 1. The molecule has 5 heteroatoms. The van der Waals surface area contributed by atoms with Crippen LogP contribution in [0.1, 0.15) is 11.4 Å². The van der Waals surface area contributed by atoms with Crippen LogP contribution >= 0.6 is 11.6 Å². The minimum Gasteiger partial charge on any atom is -0.497 e. The lowest BCUT2D eigenvalue weighted by Crippen LogP contribution is -2.05. The van der Waals surface area contributed by atoms with E-state index in [9.17, 15) is 0 Å². The number of hydrogen-bond donors (Lipinski definition) is 1. The van der Waals surface area contributed by atoms with Crippen molar-refractivity contribution in [2.24, 2.45) is 7.05 Å². The highest BCUT2D eigenvalue weighted by Crippen LogP contribution is 2.22. The Balaban J connectivity index is 2.11. The van der Waals surface area contributed by atoms with Crippen LogP contribution in [0, 0.1) is 6.92 Å². The average molecular weight is 266 g/mol. The van der Waals surface area contributed by atoms with Crippen molar-refractivity contribution in [2.75, 3.05) is 12.4 Å². The summed E-state index contributed by atoms with van der Waals surface area (Å²) < 4.78 is 6.97. The predicted octanol–water partition coefficient (Wildman–Crippen LogP) is 3.00. The largest absolute Gasteiger partial charge is 0.497 e. The monoisotopic (exact) mass is 265 g/mol. The van der Waals surface area contributed by atoms with Crippen LogP contribution in [0.2, 0.25) is 5.02 Å². The molecule has 0 aliphatic heterocycles. The van der Waals surface area contributed by atoms with Crippen molar-refractivity contribution in [3.05, 3.63) is 40.7 Å². The first-order valence-corrected chi connectivity index (χ1v) is 6.05. The SMILES string of the molecule is COc1cccc(NCc2c(Cl)c(C)nn2C)c1. The number of aromatic nitrogens is 2. The molecule has 0 fully saturated rings. The van der Waals surface area contributed by atoms with Crippen LogP contribution < -0.4 is 10.1 Å². The quantitative estimate of drug-likeness (QED) is 0.924. The number of rotatable bonds is 4. The molecular weight excluding hydrogens is 250 g/mol. The van der Waals surface area contributed by atoms with Crippen LogP contribution in [0.15, 0.2) is 24.3 Å². The third-order valence-corrected chi connectivity index (χ3v) is 3.28. The van der Waals surface area contributed by atoms with E-state index >= 15 is 0 Å². The van der Waals surface area contributed by atoms with Gasteiger partial charge >= 0.3 is 0 Å². The van der Waals surface area contributed by atoms with Crippen LogP contribution in [0.4, 0.5) is 5.69 Å². The van der Waals surface area contributed by atoms with Gasteiger partial charge in [-0.3, -0.25) is 4.68 Å². The Morgan fingerprint density at radius 2 is 2.22 bits per heavy atom. The topological polar surface area (TPSA) is 39.1 Å². The summed E-state index contributed by atoms with van der Waals surface area (Å²) in [5.74, 6) is 0.826. The summed E-state index contributed by atoms with van der Waals surface area (Å²) in [4.78, 5) is 0. The number of anilines is 1. The molecule has 0 aliphatic rings. The van der Waals surface area contributed by atoms with Crippen molar-refractivity contribution < 1.29 is 4.74 Å². The Labute approximate surface area is 112 Å². The first-order valence-electron chi connectivity index (χ1n) is 5.67. The first kappa shape index (κ1) is 12.8. The van der Waals surface area contributed by atoms with Crippen molar-refractivity contribution in [2.45, 2.75) is 13.5 Å². The molecule has 0 aliphatic carbocycles. The summed E-state index contributed by atoms with van der Waals surface area (Å²) in [5.41, 5.74) is 2.81. The summed E-state index contributed by atoms with van der Waals surface area (Å²) in [7, 11) is 3.54. The number of benzene rings is 1. The molecule has 0 spiro atoms. The zero-order valence-electron chi connectivity index (χ0n) is 10.7. The Morgan fingerprint density at radius 3 is 2.83 bits per heavy atom. The van der Waals surface area contributed by atoms with Crippen molar-refractivity contribution in [1.82, 2.24) is 9.78 Å². The summed E-state index contributed by atoms with van der Waals surface area (Å²) in [6.07, 6.45) is 0. The maximum absolute atomic E-state index is 6.19. The van der Waals surface area contributed by atoms with E-state index in [1.54, 1.807) is 11.8 Å². The first-order chi connectivity index (χ1) is 8.61. The van der Waals surface area contributed by atoms with Gasteiger partial charge in [-0.15, -0.1) is 0 Å². The fraction of sp³-hybridized carbons (Fsp3) is 0.308. The molecule has 0 saturated heterocycles. The van der Waals surface area contributed by atoms with Crippen LogP contribution in [0.3, 0.4) is 0 Å². The maximum atomic E-state index is 6.19. The molecule has 4 nitrogen and oxygen atoms in total. The molecule has 0 saturated carbocycles. The second kappa shape index (κ2) is 5.31. The molecule has 0 unspecified atom stereocenters. The lowest BCUT2D eigenvalue weighted by Gasteiger charge is -2.08. The molecule has 0 bridgehead atoms. The third kappa shape index (κ3) is 2.59. The van der Waals surface area contributed by atoms with Gasteiger partial charge in [-0.05, 0) is 19.1 Å². The average Bonchev–Trinajstić information content (AvgIpc) is 2.61. The molecule has 2 rings (SSSR count). The Kier molecular flexibility index (Phi) is 3.77. The number of ether oxygens (including phenoxy) is 1. The van der Waals surface area contributed by atoms with Gasteiger partial charge in [0, 0.05) is 18.8 Å².